The molecule has 0 aliphatic rings. The molecule has 3 rings (SSSR count). The summed E-state index contributed by atoms with van der Waals surface area (Å²) in [6, 6.07) is 8.23. The number of aliphatic imine (C=N–C) groups is 1. The zero-order valence-electron chi connectivity index (χ0n) is 15.9. The number of ether oxygens (including phenoxy) is 1. The van der Waals surface area contributed by atoms with E-state index >= 15 is 0 Å². The molecule has 1 heterocycles. The summed E-state index contributed by atoms with van der Waals surface area (Å²) in [4.78, 5) is 3.78. The predicted octanol–water partition coefficient (Wildman–Crippen LogP) is 5.33. The summed E-state index contributed by atoms with van der Waals surface area (Å²) < 4.78 is 82.9. The fraction of sp³-hybridized carbons (Fsp3) is 0.250. The van der Waals surface area contributed by atoms with E-state index in [2.05, 4.69) is 27.1 Å². The SMILES string of the molecule is C=NCc1[nH]nnc1-c1cccc(CCOc2cc(C(F)(F)F)cc(C(F)(F)F)c2)c1. The van der Waals surface area contributed by atoms with Crippen molar-refractivity contribution in [2.45, 2.75) is 25.3 Å². The van der Waals surface area contributed by atoms with Gasteiger partial charge in [0, 0.05) is 12.0 Å². The Balaban J connectivity index is 1.74. The summed E-state index contributed by atoms with van der Waals surface area (Å²) in [5.74, 6) is -0.505. The topological polar surface area (TPSA) is 63.2 Å². The van der Waals surface area contributed by atoms with E-state index in [4.69, 9.17) is 4.74 Å². The Morgan fingerprint density at radius 1 is 0.968 bits per heavy atom. The molecule has 1 aromatic heterocycles. The number of rotatable bonds is 7. The van der Waals surface area contributed by atoms with E-state index in [9.17, 15) is 26.3 Å². The zero-order chi connectivity index (χ0) is 22.6. The first-order valence-corrected chi connectivity index (χ1v) is 8.92. The van der Waals surface area contributed by atoms with Crippen LogP contribution in [0.25, 0.3) is 11.3 Å². The van der Waals surface area contributed by atoms with Crippen molar-refractivity contribution >= 4 is 6.72 Å². The molecule has 0 bridgehead atoms. The highest BCUT2D eigenvalue weighted by atomic mass is 19.4. The molecular formula is C20H16F6N4O. The Bertz CT molecular complexity index is 1030. The van der Waals surface area contributed by atoms with Gasteiger partial charge in [0.05, 0.1) is 30.0 Å². The highest BCUT2D eigenvalue weighted by Gasteiger charge is 2.37. The number of aromatic amines is 1. The van der Waals surface area contributed by atoms with Crippen molar-refractivity contribution in [2.75, 3.05) is 6.61 Å². The van der Waals surface area contributed by atoms with Crippen LogP contribution in [0.5, 0.6) is 5.75 Å². The number of hydrogen-bond acceptors (Lipinski definition) is 4. The molecule has 0 fully saturated rings. The van der Waals surface area contributed by atoms with Crippen LogP contribution in [-0.4, -0.2) is 28.7 Å². The Hall–Kier alpha value is -3.37. The fourth-order valence-corrected chi connectivity index (χ4v) is 2.87. The lowest BCUT2D eigenvalue weighted by atomic mass is 10.0. The molecule has 0 spiro atoms. The third kappa shape index (κ3) is 5.62. The largest absolute Gasteiger partial charge is 0.493 e. The number of nitrogens with one attached hydrogen (secondary N) is 1. The summed E-state index contributed by atoms with van der Waals surface area (Å²) in [6.45, 7) is 3.58. The zero-order valence-corrected chi connectivity index (χ0v) is 15.9. The first-order chi connectivity index (χ1) is 14.6. The van der Waals surface area contributed by atoms with Gasteiger partial charge >= 0.3 is 12.4 Å². The molecule has 1 N–H and O–H groups in total. The van der Waals surface area contributed by atoms with E-state index in [1.54, 1.807) is 24.3 Å². The molecule has 0 aliphatic heterocycles. The normalized spacial score (nSPS) is 12.1. The number of nitrogens with zero attached hydrogens (tertiary/aromatic N) is 3. The molecular weight excluding hydrogens is 426 g/mol. The minimum atomic E-state index is -4.93. The highest BCUT2D eigenvalue weighted by Crippen LogP contribution is 2.38. The van der Waals surface area contributed by atoms with Gasteiger partial charge in [-0.2, -0.15) is 26.3 Å². The van der Waals surface area contributed by atoms with Gasteiger partial charge in [-0.1, -0.05) is 23.4 Å². The molecule has 3 aromatic rings. The standard InChI is InChI=1S/C20H16F6N4O/c1-27-11-17-18(29-30-28-17)13-4-2-3-12(7-13)5-6-31-16-9-14(19(21,22)23)8-15(10-16)20(24,25)26/h2-4,7-10H,1,5-6,11H2,(H,28,29,30). The maximum atomic E-state index is 12.9. The van der Waals surface area contributed by atoms with Crippen LogP contribution in [0.3, 0.4) is 0 Å². The fourth-order valence-electron chi connectivity index (χ4n) is 2.87. The van der Waals surface area contributed by atoms with Crippen LogP contribution in [0.1, 0.15) is 22.4 Å². The maximum absolute atomic E-state index is 12.9. The molecule has 11 heteroatoms. The Morgan fingerprint density at radius 3 is 2.26 bits per heavy atom. The van der Waals surface area contributed by atoms with E-state index in [1.165, 1.54) is 0 Å². The number of halogens is 6. The molecule has 2 aromatic carbocycles. The van der Waals surface area contributed by atoms with Crippen molar-refractivity contribution in [3.8, 4) is 17.0 Å². The van der Waals surface area contributed by atoms with E-state index in [0.29, 0.717) is 23.5 Å². The van der Waals surface area contributed by atoms with Gasteiger partial charge in [0.25, 0.3) is 0 Å². The number of H-pyrrole nitrogens is 1. The van der Waals surface area contributed by atoms with Gasteiger partial charge in [-0.3, -0.25) is 10.1 Å². The average Bonchev–Trinajstić information content (AvgIpc) is 3.15. The van der Waals surface area contributed by atoms with Crippen LogP contribution in [-0.2, 0) is 25.3 Å². The second-order valence-electron chi connectivity index (χ2n) is 6.56. The van der Waals surface area contributed by atoms with Crippen molar-refractivity contribution in [3.63, 3.8) is 0 Å². The van der Waals surface area contributed by atoms with Gasteiger partial charge in [0.1, 0.15) is 11.4 Å². The summed E-state index contributed by atoms with van der Waals surface area (Å²) in [6.07, 6.45) is -9.61. The summed E-state index contributed by atoms with van der Waals surface area (Å²) in [5, 5.41) is 10.5. The van der Waals surface area contributed by atoms with Crippen LogP contribution < -0.4 is 4.74 Å². The third-order valence-electron chi connectivity index (χ3n) is 4.31. The van der Waals surface area contributed by atoms with Crippen molar-refractivity contribution in [1.29, 1.82) is 0 Å². The molecule has 0 radical (unpaired) electrons. The Kier molecular flexibility index (Phi) is 6.32. The van der Waals surface area contributed by atoms with Crippen LogP contribution in [0.2, 0.25) is 0 Å². The minimum Gasteiger partial charge on any atom is -0.493 e. The first kappa shape index (κ1) is 22.3. The summed E-state index contributed by atoms with van der Waals surface area (Å²) in [5.41, 5.74) is -0.137. The molecule has 0 unspecified atom stereocenters. The van der Waals surface area contributed by atoms with Gasteiger partial charge in [0.2, 0.25) is 0 Å². The van der Waals surface area contributed by atoms with E-state index in [-0.39, 0.29) is 25.6 Å². The van der Waals surface area contributed by atoms with E-state index < -0.39 is 29.2 Å². The third-order valence-corrected chi connectivity index (χ3v) is 4.31. The van der Waals surface area contributed by atoms with Gasteiger partial charge in [-0.25, -0.2) is 0 Å². The second-order valence-corrected chi connectivity index (χ2v) is 6.56. The number of benzene rings is 2. The molecule has 164 valence electrons. The predicted molar refractivity (Wildman–Crippen MR) is 101 cm³/mol. The molecule has 0 amide bonds. The Labute approximate surface area is 172 Å². The first-order valence-electron chi connectivity index (χ1n) is 8.92. The van der Waals surface area contributed by atoms with Crippen molar-refractivity contribution in [2.24, 2.45) is 4.99 Å². The lowest BCUT2D eigenvalue weighted by Crippen LogP contribution is -2.12. The monoisotopic (exact) mass is 442 g/mol. The van der Waals surface area contributed by atoms with Crippen LogP contribution in [0, 0.1) is 0 Å². The number of hydrogen-bond donors (Lipinski definition) is 1. The molecule has 0 atom stereocenters. The van der Waals surface area contributed by atoms with Gasteiger partial charge in [0.15, 0.2) is 0 Å². The lowest BCUT2D eigenvalue weighted by Gasteiger charge is -2.15. The average molecular weight is 442 g/mol. The van der Waals surface area contributed by atoms with Gasteiger partial charge in [-0.05, 0) is 36.5 Å². The summed E-state index contributed by atoms with van der Waals surface area (Å²) in [7, 11) is 0. The quantitative estimate of drug-likeness (QED) is 0.397. The van der Waals surface area contributed by atoms with Gasteiger partial charge in [-0.15, -0.1) is 5.10 Å². The Morgan fingerprint density at radius 2 is 1.65 bits per heavy atom. The minimum absolute atomic E-state index is 0.0595. The van der Waals surface area contributed by atoms with Crippen molar-refractivity contribution < 1.29 is 31.1 Å². The molecule has 0 aliphatic carbocycles. The molecule has 5 nitrogen and oxygen atoms in total. The second kappa shape index (κ2) is 8.78. The molecule has 31 heavy (non-hydrogen) atoms. The number of aromatic nitrogens is 3. The molecule has 0 saturated carbocycles. The van der Waals surface area contributed by atoms with E-state index in [1.807, 2.05) is 0 Å². The molecule has 0 saturated heterocycles. The number of alkyl halides is 6. The summed E-state index contributed by atoms with van der Waals surface area (Å²) >= 11 is 0. The smallest absolute Gasteiger partial charge is 0.416 e. The van der Waals surface area contributed by atoms with Crippen molar-refractivity contribution in [1.82, 2.24) is 15.4 Å². The van der Waals surface area contributed by atoms with Crippen LogP contribution in [0.15, 0.2) is 47.5 Å². The van der Waals surface area contributed by atoms with Crippen molar-refractivity contribution in [3.05, 3.63) is 64.8 Å². The maximum Gasteiger partial charge on any atom is 0.416 e. The lowest BCUT2D eigenvalue weighted by molar-refractivity contribution is -0.143. The highest BCUT2D eigenvalue weighted by molar-refractivity contribution is 5.62. The van der Waals surface area contributed by atoms with Gasteiger partial charge < -0.3 is 4.74 Å². The van der Waals surface area contributed by atoms with Crippen LogP contribution >= 0.6 is 0 Å². The van der Waals surface area contributed by atoms with E-state index in [0.717, 1.165) is 11.1 Å². The van der Waals surface area contributed by atoms with Crippen LogP contribution in [0.4, 0.5) is 26.3 Å².